The number of thiophene rings is 1. The molecule has 5 nitrogen and oxygen atoms in total. The van der Waals surface area contributed by atoms with Crippen LogP contribution in [0.25, 0.3) is 0 Å². The number of nitriles is 1. The molecule has 0 aliphatic rings. The first kappa shape index (κ1) is 16.6. The van der Waals surface area contributed by atoms with Crippen LogP contribution in [0.2, 0.25) is 0 Å². The van der Waals surface area contributed by atoms with Gasteiger partial charge >= 0.3 is 0 Å². The van der Waals surface area contributed by atoms with Crippen molar-refractivity contribution in [2.24, 2.45) is 0 Å². The fraction of sp³-hybridized carbons (Fsp3) is 0.267. The van der Waals surface area contributed by atoms with Gasteiger partial charge in [-0.2, -0.15) is 9.57 Å². The molecule has 1 aromatic carbocycles. The van der Waals surface area contributed by atoms with E-state index in [1.807, 2.05) is 23.6 Å². The Morgan fingerprint density at radius 2 is 2.00 bits per heavy atom. The molecule has 0 unspecified atom stereocenters. The number of hydrogen-bond donors (Lipinski definition) is 0. The van der Waals surface area contributed by atoms with Gasteiger partial charge in [-0.05, 0) is 35.7 Å². The summed E-state index contributed by atoms with van der Waals surface area (Å²) in [4.78, 5) is 1.15. The quantitative estimate of drug-likeness (QED) is 0.779. The summed E-state index contributed by atoms with van der Waals surface area (Å²) in [5.74, 6) is 0. The summed E-state index contributed by atoms with van der Waals surface area (Å²) >= 11 is 1.51. The molecule has 22 heavy (non-hydrogen) atoms. The predicted molar refractivity (Wildman–Crippen MR) is 84.9 cm³/mol. The SMILES string of the molecule is COCCN(Cc1cccs1)S(=O)(=O)c1ccc(C#N)cc1. The van der Waals surface area contributed by atoms with Gasteiger partial charge in [-0.3, -0.25) is 0 Å². The van der Waals surface area contributed by atoms with Crippen molar-refractivity contribution in [3.05, 3.63) is 52.2 Å². The molecule has 0 bridgehead atoms. The molecule has 0 saturated heterocycles. The third-order valence-electron chi connectivity index (χ3n) is 3.08. The molecular weight excluding hydrogens is 320 g/mol. The van der Waals surface area contributed by atoms with Gasteiger partial charge in [0.2, 0.25) is 10.0 Å². The van der Waals surface area contributed by atoms with Crippen LogP contribution < -0.4 is 0 Å². The first-order chi connectivity index (χ1) is 10.6. The molecule has 0 spiro atoms. The van der Waals surface area contributed by atoms with Gasteiger partial charge in [0.25, 0.3) is 0 Å². The van der Waals surface area contributed by atoms with E-state index in [4.69, 9.17) is 10.00 Å². The van der Waals surface area contributed by atoms with Gasteiger partial charge < -0.3 is 4.74 Å². The average Bonchev–Trinajstić information content (AvgIpc) is 3.04. The minimum absolute atomic E-state index is 0.180. The Labute approximate surface area is 134 Å². The van der Waals surface area contributed by atoms with Crippen molar-refractivity contribution < 1.29 is 13.2 Å². The highest BCUT2D eigenvalue weighted by Gasteiger charge is 2.24. The molecule has 1 aromatic heterocycles. The molecule has 2 aromatic rings. The zero-order valence-corrected chi connectivity index (χ0v) is 13.7. The predicted octanol–water partition coefficient (Wildman–Crippen LogP) is 2.46. The maximum Gasteiger partial charge on any atom is 0.243 e. The van der Waals surface area contributed by atoms with Crippen molar-refractivity contribution in [2.45, 2.75) is 11.4 Å². The van der Waals surface area contributed by atoms with E-state index in [0.29, 0.717) is 18.7 Å². The molecule has 116 valence electrons. The number of sulfonamides is 1. The van der Waals surface area contributed by atoms with Crippen LogP contribution in [0.3, 0.4) is 0 Å². The van der Waals surface area contributed by atoms with E-state index in [1.165, 1.54) is 47.0 Å². The van der Waals surface area contributed by atoms with Crippen molar-refractivity contribution in [3.8, 4) is 6.07 Å². The number of ether oxygens (including phenoxy) is 1. The Morgan fingerprint density at radius 3 is 2.55 bits per heavy atom. The molecule has 0 aliphatic carbocycles. The van der Waals surface area contributed by atoms with Crippen LogP contribution in [0, 0.1) is 11.3 Å². The van der Waals surface area contributed by atoms with Gasteiger partial charge in [0.15, 0.2) is 0 Å². The zero-order valence-electron chi connectivity index (χ0n) is 12.1. The van der Waals surface area contributed by atoms with Crippen molar-refractivity contribution in [1.82, 2.24) is 4.31 Å². The van der Waals surface area contributed by atoms with E-state index < -0.39 is 10.0 Å². The van der Waals surface area contributed by atoms with Crippen LogP contribution in [0.1, 0.15) is 10.4 Å². The summed E-state index contributed by atoms with van der Waals surface area (Å²) in [7, 11) is -2.08. The highest BCUT2D eigenvalue weighted by atomic mass is 32.2. The van der Waals surface area contributed by atoms with Crippen LogP contribution in [-0.4, -0.2) is 33.0 Å². The maximum atomic E-state index is 12.8. The van der Waals surface area contributed by atoms with E-state index >= 15 is 0 Å². The fourth-order valence-corrected chi connectivity index (χ4v) is 4.11. The third-order valence-corrected chi connectivity index (χ3v) is 5.80. The summed E-state index contributed by atoms with van der Waals surface area (Å²) in [5.41, 5.74) is 0.431. The Hall–Kier alpha value is -1.72. The summed E-state index contributed by atoms with van der Waals surface area (Å²) < 4.78 is 31.9. The zero-order chi connectivity index (χ0) is 16.0. The average molecular weight is 336 g/mol. The molecular formula is C15H16N2O3S2. The minimum atomic E-state index is -3.62. The van der Waals surface area contributed by atoms with E-state index in [-0.39, 0.29) is 11.4 Å². The second kappa shape index (κ2) is 7.51. The summed E-state index contributed by atoms with van der Waals surface area (Å²) in [6.07, 6.45) is 0. The van der Waals surface area contributed by atoms with Crippen molar-refractivity contribution in [3.63, 3.8) is 0 Å². The number of benzene rings is 1. The molecule has 2 rings (SSSR count). The number of hydrogen-bond acceptors (Lipinski definition) is 5. The highest BCUT2D eigenvalue weighted by Crippen LogP contribution is 2.20. The molecule has 0 amide bonds. The third kappa shape index (κ3) is 3.93. The van der Waals surface area contributed by atoms with Gasteiger partial charge in [-0.15, -0.1) is 11.3 Å². The lowest BCUT2D eigenvalue weighted by molar-refractivity contribution is 0.177. The molecule has 7 heteroatoms. The molecule has 1 heterocycles. The first-order valence-electron chi connectivity index (χ1n) is 6.59. The van der Waals surface area contributed by atoms with Crippen LogP contribution >= 0.6 is 11.3 Å². The van der Waals surface area contributed by atoms with Gasteiger partial charge in [-0.1, -0.05) is 6.07 Å². The van der Waals surface area contributed by atoms with Crippen molar-refractivity contribution >= 4 is 21.4 Å². The second-order valence-corrected chi connectivity index (χ2v) is 7.52. The van der Waals surface area contributed by atoms with Crippen LogP contribution in [-0.2, 0) is 21.3 Å². The number of methoxy groups -OCH3 is 1. The number of nitrogens with zero attached hydrogens (tertiary/aromatic N) is 2. The summed E-state index contributed by atoms with van der Waals surface area (Å²) in [6.45, 7) is 0.904. The lowest BCUT2D eigenvalue weighted by Crippen LogP contribution is -2.33. The van der Waals surface area contributed by atoms with Crippen molar-refractivity contribution in [2.75, 3.05) is 20.3 Å². The van der Waals surface area contributed by atoms with Gasteiger partial charge in [0.1, 0.15) is 0 Å². The second-order valence-electron chi connectivity index (χ2n) is 4.55. The number of rotatable bonds is 7. The van der Waals surface area contributed by atoms with Crippen LogP contribution in [0.15, 0.2) is 46.7 Å². The van der Waals surface area contributed by atoms with E-state index in [2.05, 4.69) is 0 Å². The van der Waals surface area contributed by atoms with E-state index in [1.54, 1.807) is 0 Å². The Balaban J connectivity index is 2.28. The highest BCUT2D eigenvalue weighted by molar-refractivity contribution is 7.89. The van der Waals surface area contributed by atoms with E-state index in [9.17, 15) is 8.42 Å². The van der Waals surface area contributed by atoms with Gasteiger partial charge in [0, 0.05) is 25.1 Å². The van der Waals surface area contributed by atoms with Gasteiger partial charge in [0.05, 0.1) is 23.1 Å². The molecule has 0 atom stereocenters. The largest absolute Gasteiger partial charge is 0.383 e. The Morgan fingerprint density at radius 1 is 1.27 bits per heavy atom. The summed E-state index contributed by atoms with van der Waals surface area (Å²) in [5, 5.41) is 10.7. The Bertz CT molecular complexity index is 732. The Kier molecular flexibility index (Phi) is 5.69. The molecule has 0 radical (unpaired) electrons. The molecule has 0 fully saturated rings. The van der Waals surface area contributed by atoms with Crippen molar-refractivity contribution in [1.29, 1.82) is 5.26 Å². The smallest absolute Gasteiger partial charge is 0.243 e. The topological polar surface area (TPSA) is 70.4 Å². The summed E-state index contributed by atoms with van der Waals surface area (Å²) in [6, 6.07) is 11.7. The lowest BCUT2D eigenvalue weighted by atomic mass is 10.2. The monoisotopic (exact) mass is 336 g/mol. The first-order valence-corrected chi connectivity index (χ1v) is 8.91. The minimum Gasteiger partial charge on any atom is -0.383 e. The van der Waals surface area contributed by atoms with Gasteiger partial charge in [-0.25, -0.2) is 8.42 Å². The molecule has 0 saturated carbocycles. The van der Waals surface area contributed by atoms with E-state index in [0.717, 1.165) is 4.88 Å². The lowest BCUT2D eigenvalue weighted by Gasteiger charge is -2.21. The fourth-order valence-electron chi connectivity index (χ4n) is 1.90. The normalized spacial score (nSPS) is 11.5. The standard InChI is InChI=1S/C15H16N2O3S2/c1-20-9-8-17(12-14-3-2-10-21-14)22(18,19)15-6-4-13(11-16)5-7-15/h2-7,10H,8-9,12H2,1H3. The van der Waals surface area contributed by atoms with Crippen LogP contribution in [0.4, 0.5) is 0 Å². The molecule has 0 N–H and O–H groups in total. The maximum absolute atomic E-state index is 12.8. The molecule has 0 aliphatic heterocycles. The van der Waals surface area contributed by atoms with Crippen LogP contribution in [0.5, 0.6) is 0 Å².